The number of hydrogen-bond donors (Lipinski definition) is 1. The van der Waals surface area contributed by atoms with E-state index in [0.717, 1.165) is 17.0 Å². The average Bonchev–Trinajstić information content (AvgIpc) is 2.78. The van der Waals surface area contributed by atoms with Crippen LogP contribution in [0.4, 0.5) is 11.4 Å². The molecule has 0 radical (unpaired) electrons. The first-order chi connectivity index (χ1) is 14.9. The van der Waals surface area contributed by atoms with Crippen molar-refractivity contribution in [1.82, 2.24) is 5.43 Å². The van der Waals surface area contributed by atoms with Gasteiger partial charge in [-0.3, -0.25) is 14.9 Å². The third-order valence-electron chi connectivity index (χ3n) is 4.44. The molecule has 0 aliphatic rings. The number of nitrogens with one attached hydrogen (secondary N) is 1. The van der Waals surface area contributed by atoms with E-state index in [1.807, 2.05) is 49.3 Å². The standard InChI is InChI=1S/C23H22N4O3S/c1-26(2)22-13-12-20(27(29)30)14-19(22)15-24-25-23(28)18-10-8-17(9-11-18)16-31-21-6-4-3-5-7-21/h3-15H,16H2,1-2H3,(H,25,28)/b24-15-. The Balaban J connectivity index is 1.62. The van der Waals surface area contributed by atoms with Gasteiger partial charge in [-0.15, -0.1) is 11.8 Å². The SMILES string of the molecule is CN(C)c1ccc([N+](=O)[O-])cc1/C=N\NC(=O)c1ccc(CSc2ccccc2)cc1. The monoisotopic (exact) mass is 434 g/mol. The van der Waals surface area contributed by atoms with Crippen LogP contribution in [0.2, 0.25) is 0 Å². The fourth-order valence-electron chi connectivity index (χ4n) is 2.83. The van der Waals surface area contributed by atoms with E-state index < -0.39 is 4.92 Å². The van der Waals surface area contributed by atoms with Gasteiger partial charge in [-0.1, -0.05) is 30.3 Å². The number of thioether (sulfide) groups is 1. The Morgan fingerprint density at radius 1 is 1.10 bits per heavy atom. The summed E-state index contributed by atoms with van der Waals surface area (Å²) in [5, 5.41) is 15.0. The maximum absolute atomic E-state index is 12.4. The van der Waals surface area contributed by atoms with E-state index >= 15 is 0 Å². The number of hydrogen-bond acceptors (Lipinski definition) is 6. The summed E-state index contributed by atoms with van der Waals surface area (Å²) in [4.78, 5) is 25.9. The predicted octanol–water partition coefficient (Wildman–Crippen LogP) is 4.72. The molecule has 3 aromatic rings. The molecule has 3 rings (SSSR count). The Kier molecular flexibility index (Phi) is 7.40. The third-order valence-corrected chi connectivity index (χ3v) is 5.52. The highest BCUT2D eigenvalue weighted by atomic mass is 32.2. The van der Waals surface area contributed by atoms with Crippen LogP contribution in [0, 0.1) is 10.1 Å². The van der Waals surface area contributed by atoms with Crippen molar-refractivity contribution in [2.45, 2.75) is 10.6 Å². The van der Waals surface area contributed by atoms with Gasteiger partial charge in [-0.05, 0) is 35.9 Å². The Labute approximate surface area is 184 Å². The van der Waals surface area contributed by atoms with Gasteiger partial charge in [0.15, 0.2) is 0 Å². The summed E-state index contributed by atoms with van der Waals surface area (Å²) in [5.74, 6) is 0.458. The molecule has 7 nitrogen and oxygen atoms in total. The first kappa shape index (κ1) is 22.0. The first-order valence-corrected chi connectivity index (χ1v) is 10.5. The number of benzene rings is 3. The number of non-ortho nitro benzene ring substituents is 1. The molecule has 0 aromatic heterocycles. The quantitative estimate of drug-likeness (QED) is 0.240. The van der Waals surface area contributed by atoms with Crippen LogP contribution in [0.5, 0.6) is 0 Å². The highest BCUT2D eigenvalue weighted by Gasteiger charge is 2.11. The van der Waals surface area contributed by atoms with Gasteiger partial charge in [0.2, 0.25) is 0 Å². The molecule has 0 fully saturated rings. The summed E-state index contributed by atoms with van der Waals surface area (Å²) in [6, 6.07) is 22.0. The van der Waals surface area contributed by atoms with Gasteiger partial charge in [0, 0.05) is 53.7 Å². The minimum atomic E-state index is -0.465. The summed E-state index contributed by atoms with van der Waals surface area (Å²) in [5.41, 5.74) is 5.32. The van der Waals surface area contributed by atoms with Crippen molar-refractivity contribution in [3.05, 3.63) is 99.6 Å². The zero-order valence-electron chi connectivity index (χ0n) is 17.2. The zero-order chi connectivity index (χ0) is 22.2. The predicted molar refractivity (Wildman–Crippen MR) is 125 cm³/mol. The maximum Gasteiger partial charge on any atom is 0.271 e. The number of amides is 1. The number of carbonyl (C=O) groups excluding carboxylic acids is 1. The molecule has 0 spiro atoms. The third kappa shape index (κ3) is 6.16. The molecule has 0 atom stereocenters. The Morgan fingerprint density at radius 2 is 1.81 bits per heavy atom. The summed E-state index contributed by atoms with van der Waals surface area (Å²) < 4.78 is 0. The average molecular weight is 435 g/mol. The molecule has 1 N–H and O–H groups in total. The number of hydrazone groups is 1. The molecule has 1 amide bonds. The molecule has 3 aromatic carbocycles. The molecular formula is C23H22N4O3S. The largest absolute Gasteiger partial charge is 0.377 e. The van der Waals surface area contributed by atoms with Gasteiger partial charge in [-0.25, -0.2) is 5.43 Å². The highest BCUT2D eigenvalue weighted by molar-refractivity contribution is 7.98. The van der Waals surface area contributed by atoms with Crippen molar-refractivity contribution < 1.29 is 9.72 Å². The van der Waals surface area contributed by atoms with Crippen molar-refractivity contribution in [1.29, 1.82) is 0 Å². The Hall–Kier alpha value is -3.65. The number of nitro groups is 1. The molecule has 0 aliphatic heterocycles. The fourth-order valence-corrected chi connectivity index (χ4v) is 3.70. The van der Waals surface area contributed by atoms with Crippen LogP contribution in [-0.2, 0) is 5.75 Å². The lowest BCUT2D eigenvalue weighted by molar-refractivity contribution is -0.384. The Bertz CT molecular complexity index is 1080. The van der Waals surface area contributed by atoms with Gasteiger partial charge in [0.05, 0.1) is 11.1 Å². The molecule has 0 heterocycles. The Morgan fingerprint density at radius 3 is 2.45 bits per heavy atom. The second kappa shape index (κ2) is 10.4. The van der Waals surface area contributed by atoms with Crippen molar-refractivity contribution in [2.24, 2.45) is 5.10 Å². The molecule has 0 unspecified atom stereocenters. The summed E-state index contributed by atoms with van der Waals surface area (Å²) in [7, 11) is 3.66. The number of rotatable bonds is 8. The van der Waals surface area contributed by atoms with Crippen LogP contribution in [0.25, 0.3) is 0 Å². The zero-order valence-corrected chi connectivity index (χ0v) is 18.0. The molecule has 0 saturated heterocycles. The normalized spacial score (nSPS) is 10.8. The highest BCUT2D eigenvalue weighted by Crippen LogP contribution is 2.23. The second-order valence-electron chi connectivity index (χ2n) is 6.89. The van der Waals surface area contributed by atoms with Gasteiger partial charge < -0.3 is 4.90 Å². The van der Waals surface area contributed by atoms with Gasteiger partial charge in [0.25, 0.3) is 11.6 Å². The minimum absolute atomic E-state index is 0.0395. The van der Waals surface area contributed by atoms with E-state index in [0.29, 0.717) is 11.1 Å². The van der Waals surface area contributed by atoms with E-state index in [1.165, 1.54) is 23.2 Å². The van der Waals surface area contributed by atoms with Crippen molar-refractivity contribution in [3.8, 4) is 0 Å². The summed E-state index contributed by atoms with van der Waals surface area (Å²) in [6.07, 6.45) is 1.41. The van der Waals surface area contributed by atoms with Crippen LogP contribution < -0.4 is 10.3 Å². The van der Waals surface area contributed by atoms with Gasteiger partial charge >= 0.3 is 0 Å². The molecule has 0 saturated carbocycles. The van der Waals surface area contributed by atoms with Crippen molar-refractivity contribution >= 4 is 35.3 Å². The lowest BCUT2D eigenvalue weighted by Gasteiger charge is -2.14. The van der Waals surface area contributed by atoms with Crippen LogP contribution in [0.15, 0.2) is 82.8 Å². The molecule has 0 aliphatic carbocycles. The van der Waals surface area contributed by atoms with E-state index in [2.05, 4.69) is 22.7 Å². The summed E-state index contributed by atoms with van der Waals surface area (Å²) >= 11 is 1.73. The van der Waals surface area contributed by atoms with Crippen LogP contribution in [-0.4, -0.2) is 31.1 Å². The molecule has 31 heavy (non-hydrogen) atoms. The second-order valence-corrected chi connectivity index (χ2v) is 7.94. The number of carbonyl (C=O) groups is 1. The molecule has 8 heteroatoms. The van der Waals surface area contributed by atoms with E-state index in [4.69, 9.17) is 0 Å². The number of nitro benzene ring substituents is 1. The lowest BCUT2D eigenvalue weighted by atomic mass is 10.1. The molecular weight excluding hydrogens is 412 g/mol. The topological polar surface area (TPSA) is 87.8 Å². The van der Waals surface area contributed by atoms with Crippen LogP contribution in [0.3, 0.4) is 0 Å². The van der Waals surface area contributed by atoms with Crippen molar-refractivity contribution in [2.75, 3.05) is 19.0 Å². The molecule has 158 valence electrons. The van der Waals surface area contributed by atoms with Gasteiger partial charge in [0.1, 0.15) is 0 Å². The number of anilines is 1. The summed E-state index contributed by atoms with van der Waals surface area (Å²) in [6.45, 7) is 0. The first-order valence-electron chi connectivity index (χ1n) is 9.50. The van der Waals surface area contributed by atoms with Gasteiger partial charge in [-0.2, -0.15) is 5.10 Å². The maximum atomic E-state index is 12.4. The smallest absolute Gasteiger partial charge is 0.271 e. The van der Waals surface area contributed by atoms with E-state index in [9.17, 15) is 14.9 Å². The minimum Gasteiger partial charge on any atom is -0.377 e. The van der Waals surface area contributed by atoms with E-state index in [1.54, 1.807) is 30.0 Å². The van der Waals surface area contributed by atoms with Crippen LogP contribution >= 0.6 is 11.8 Å². The molecule has 0 bridgehead atoms. The number of nitrogens with zero attached hydrogens (tertiary/aromatic N) is 3. The fraction of sp³-hybridized carbons (Fsp3) is 0.130. The lowest BCUT2D eigenvalue weighted by Crippen LogP contribution is -2.18. The van der Waals surface area contributed by atoms with Crippen LogP contribution in [0.1, 0.15) is 21.5 Å². The van der Waals surface area contributed by atoms with Crippen molar-refractivity contribution in [3.63, 3.8) is 0 Å². The van der Waals surface area contributed by atoms with E-state index in [-0.39, 0.29) is 11.6 Å².